The highest BCUT2D eigenvalue weighted by atomic mass is 16.6. The van der Waals surface area contributed by atoms with E-state index in [1.54, 1.807) is 62.3 Å². The van der Waals surface area contributed by atoms with E-state index in [-0.39, 0.29) is 19.3 Å². The predicted molar refractivity (Wildman–Crippen MR) is 164 cm³/mol. The van der Waals surface area contributed by atoms with E-state index in [4.69, 9.17) is 19.3 Å². The molecular weight excluding hydrogens is 574 g/mol. The van der Waals surface area contributed by atoms with Crippen molar-refractivity contribution in [2.75, 3.05) is 0 Å². The summed E-state index contributed by atoms with van der Waals surface area (Å²) in [7, 11) is 0. The summed E-state index contributed by atoms with van der Waals surface area (Å²) in [5.41, 5.74) is -2.48. The number of carboxylic acid groups (broad SMARTS) is 1. The van der Waals surface area contributed by atoms with E-state index in [0.717, 1.165) is 19.3 Å². The number of amides is 3. The molecule has 0 fully saturated rings. The Morgan fingerprint density at radius 2 is 1.05 bits per heavy atom. The summed E-state index contributed by atoms with van der Waals surface area (Å²) in [6.45, 7) is 17.1. The third-order valence-corrected chi connectivity index (χ3v) is 5.68. The van der Waals surface area contributed by atoms with Crippen molar-refractivity contribution in [2.45, 2.75) is 162 Å². The van der Waals surface area contributed by atoms with Gasteiger partial charge >= 0.3 is 29.9 Å². The second-order valence-electron chi connectivity index (χ2n) is 13.8. The molecule has 0 aliphatic carbocycles. The van der Waals surface area contributed by atoms with Crippen LogP contribution in [0.1, 0.15) is 127 Å². The molecule has 0 aliphatic rings. The number of ether oxygens (including phenoxy) is 3. The normalized spacial score (nSPS) is 14.0. The first-order valence-electron chi connectivity index (χ1n) is 15.3. The monoisotopic (exact) mass is 629 g/mol. The predicted octanol–water partition coefficient (Wildman–Crippen LogP) is 4.15. The van der Waals surface area contributed by atoms with Gasteiger partial charge in [-0.25, -0.2) is 14.4 Å². The minimum Gasteiger partial charge on any atom is -0.481 e. The van der Waals surface area contributed by atoms with Gasteiger partial charge in [-0.05, 0) is 81.6 Å². The van der Waals surface area contributed by atoms with E-state index in [0.29, 0.717) is 12.8 Å². The highest BCUT2D eigenvalue weighted by molar-refractivity contribution is 5.92. The number of hydrogen-bond acceptors (Lipinski definition) is 9. The molecule has 0 bridgehead atoms. The van der Waals surface area contributed by atoms with Crippen molar-refractivity contribution in [1.82, 2.24) is 16.0 Å². The zero-order valence-electron chi connectivity index (χ0n) is 28.2. The lowest BCUT2D eigenvalue weighted by molar-refractivity contribution is -0.159. The van der Waals surface area contributed by atoms with Gasteiger partial charge in [-0.15, -0.1) is 0 Å². The van der Waals surface area contributed by atoms with Crippen LogP contribution in [0.2, 0.25) is 0 Å². The first kappa shape index (κ1) is 40.6. The van der Waals surface area contributed by atoms with Crippen LogP contribution in [0.4, 0.5) is 4.79 Å². The summed E-state index contributed by atoms with van der Waals surface area (Å²) in [6.07, 6.45) is 2.62. The van der Waals surface area contributed by atoms with Crippen LogP contribution in [0.15, 0.2) is 0 Å². The number of nitrogens with one attached hydrogen (secondary N) is 3. The first-order chi connectivity index (χ1) is 20.0. The molecule has 13 heteroatoms. The second-order valence-corrected chi connectivity index (χ2v) is 13.8. The van der Waals surface area contributed by atoms with Gasteiger partial charge < -0.3 is 35.3 Å². The fourth-order valence-corrected chi connectivity index (χ4v) is 3.84. The number of rotatable bonds is 17. The minimum atomic E-state index is -1.33. The molecular formula is C31H55N3O10. The summed E-state index contributed by atoms with van der Waals surface area (Å²) in [5, 5.41) is 16.6. The molecule has 0 radical (unpaired) electrons. The summed E-state index contributed by atoms with van der Waals surface area (Å²) >= 11 is 0. The molecule has 13 nitrogen and oxygen atoms in total. The number of unbranched alkanes of at least 4 members (excludes halogenated alkanes) is 3. The summed E-state index contributed by atoms with van der Waals surface area (Å²) in [6, 6.07) is -4.61. The molecule has 44 heavy (non-hydrogen) atoms. The van der Waals surface area contributed by atoms with E-state index in [9.17, 15) is 28.8 Å². The largest absolute Gasteiger partial charge is 0.481 e. The van der Waals surface area contributed by atoms with Crippen LogP contribution >= 0.6 is 0 Å². The lowest BCUT2D eigenvalue weighted by atomic mass is 10.0. The van der Waals surface area contributed by atoms with Crippen molar-refractivity contribution in [3.05, 3.63) is 0 Å². The van der Waals surface area contributed by atoms with Gasteiger partial charge in [0.15, 0.2) is 0 Å². The molecule has 0 rings (SSSR count). The molecule has 0 aromatic rings. The molecule has 0 heterocycles. The van der Waals surface area contributed by atoms with E-state index in [1.807, 2.05) is 6.92 Å². The number of carboxylic acids is 1. The Morgan fingerprint density at radius 3 is 1.50 bits per heavy atom. The first-order valence-corrected chi connectivity index (χ1v) is 15.3. The smallest absolute Gasteiger partial charge is 0.329 e. The molecule has 4 N–H and O–H groups in total. The fraction of sp³-hybridized carbons (Fsp3) is 0.806. The van der Waals surface area contributed by atoms with Crippen molar-refractivity contribution >= 4 is 35.8 Å². The molecule has 3 atom stereocenters. The highest BCUT2D eigenvalue weighted by Crippen LogP contribution is 2.15. The van der Waals surface area contributed by atoms with E-state index in [1.165, 1.54) is 0 Å². The van der Waals surface area contributed by atoms with Gasteiger partial charge in [-0.2, -0.15) is 0 Å². The number of carbonyl (C=O) groups is 6. The number of hydrogen-bond donors (Lipinski definition) is 4. The molecule has 0 saturated carbocycles. The molecule has 0 aliphatic heterocycles. The van der Waals surface area contributed by atoms with Crippen molar-refractivity contribution in [3.8, 4) is 0 Å². The zero-order valence-corrected chi connectivity index (χ0v) is 28.2. The van der Waals surface area contributed by atoms with E-state index in [2.05, 4.69) is 16.0 Å². The van der Waals surface area contributed by atoms with Crippen LogP contribution in [0.25, 0.3) is 0 Å². The highest BCUT2D eigenvalue weighted by Gasteiger charge is 2.32. The Hall–Kier alpha value is -3.38. The number of aliphatic carboxylic acids is 1. The summed E-state index contributed by atoms with van der Waals surface area (Å²) < 4.78 is 16.2. The van der Waals surface area contributed by atoms with Gasteiger partial charge in [-0.1, -0.05) is 32.6 Å². The van der Waals surface area contributed by atoms with Gasteiger partial charge in [0.25, 0.3) is 0 Å². The van der Waals surface area contributed by atoms with Crippen molar-refractivity contribution < 1.29 is 48.1 Å². The van der Waals surface area contributed by atoms with Crippen molar-refractivity contribution in [1.29, 1.82) is 0 Å². The molecule has 0 spiro atoms. The number of esters is 3. The molecule has 3 amide bonds. The van der Waals surface area contributed by atoms with Gasteiger partial charge in [0.2, 0.25) is 5.91 Å². The zero-order chi connectivity index (χ0) is 34.3. The molecule has 0 saturated heterocycles. The molecule has 0 unspecified atom stereocenters. The maximum Gasteiger partial charge on any atom is 0.329 e. The molecule has 0 aromatic heterocycles. The average molecular weight is 630 g/mol. The van der Waals surface area contributed by atoms with E-state index >= 15 is 0 Å². The fourth-order valence-electron chi connectivity index (χ4n) is 3.84. The van der Waals surface area contributed by atoms with Gasteiger partial charge in [-0.3, -0.25) is 14.4 Å². The Kier molecular flexibility index (Phi) is 17.0. The maximum absolute atomic E-state index is 13.5. The summed E-state index contributed by atoms with van der Waals surface area (Å²) in [5.74, 6) is -4.00. The standard InChI is InChI=1S/C31H55N3O10/c1-11-12-13-14-15-21(26(39)43-30(5,6)7)32-25(38)20(17-19-24(37)42-29(2,3)4)33-28(41)34-22(16-18-23(35)36)27(40)44-31(8,9)10/h20-22H,11-19H2,1-10H3,(H,32,38)(H,35,36)(H2,33,34,41)/t20-,21-,22-/m0/s1. The third-order valence-electron chi connectivity index (χ3n) is 5.68. The average Bonchev–Trinajstić information content (AvgIpc) is 2.82. The van der Waals surface area contributed by atoms with E-state index < -0.39 is 77.2 Å². The molecule has 254 valence electrons. The lowest BCUT2D eigenvalue weighted by Crippen LogP contribution is -2.56. The van der Waals surface area contributed by atoms with Gasteiger partial charge in [0, 0.05) is 12.8 Å². The van der Waals surface area contributed by atoms with Crippen molar-refractivity contribution in [2.24, 2.45) is 0 Å². The second kappa shape index (κ2) is 18.4. The Balaban J connectivity index is 5.99. The van der Waals surface area contributed by atoms with Gasteiger partial charge in [0.05, 0.1) is 0 Å². The van der Waals surface area contributed by atoms with Crippen LogP contribution < -0.4 is 16.0 Å². The van der Waals surface area contributed by atoms with Crippen LogP contribution in [-0.4, -0.2) is 75.9 Å². The van der Waals surface area contributed by atoms with Crippen molar-refractivity contribution in [3.63, 3.8) is 0 Å². The Morgan fingerprint density at radius 1 is 0.591 bits per heavy atom. The van der Waals surface area contributed by atoms with Crippen LogP contribution in [0.5, 0.6) is 0 Å². The Bertz CT molecular complexity index is 977. The molecule has 0 aromatic carbocycles. The number of carbonyl (C=O) groups excluding carboxylic acids is 5. The topological polar surface area (TPSA) is 186 Å². The SMILES string of the molecule is CCCCCC[C@H](NC(=O)[C@H](CCC(=O)OC(C)(C)C)NC(=O)N[C@@H](CCC(=O)O)C(=O)OC(C)(C)C)C(=O)OC(C)(C)C. The van der Waals surface area contributed by atoms with Gasteiger partial charge in [0.1, 0.15) is 34.9 Å². The maximum atomic E-state index is 13.5. The van der Waals surface area contributed by atoms with Crippen LogP contribution in [0, 0.1) is 0 Å². The van der Waals surface area contributed by atoms with Crippen LogP contribution in [0.3, 0.4) is 0 Å². The minimum absolute atomic E-state index is 0.183. The van der Waals surface area contributed by atoms with Crippen LogP contribution in [-0.2, 0) is 38.2 Å². The Labute approximate surface area is 261 Å². The summed E-state index contributed by atoms with van der Waals surface area (Å²) in [4.78, 5) is 75.8. The lowest BCUT2D eigenvalue weighted by Gasteiger charge is -2.27. The quantitative estimate of drug-likeness (QED) is 0.103. The third kappa shape index (κ3) is 20.5. The number of urea groups is 1.